The summed E-state index contributed by atoms with van der Waals surface area (Å²) < 4.78 is 10.3. The van der Waals surface area contributed by atoms with Gasteiger partial charge < -0.3 is 4.74 Å². The van der Waals surface area contributed by atoms with E-state index in [1.54, 1.807) is 11.5 Å². The average molecular weight is 423 g/mol. The summed E-state index contributed by atoms with van der Waals surface area (Å²) >= 11 is 1.33. The molecule has 2 bridgehead atoms. The van der Waals surface area contributed by atoms with E-state index in [9.17, 15) is 9.59 Å². The van der Waals surface area contributed by atoms with Crippen LogP contribution in [0.3, 0.4) is 0 Å². The molecule has 0 saturated carbocycles. The minimum atomic E-state index is -1.04. The Kier molecular flexibility index (Phi) is 4.12. The molecule has 3 atom stereocenters. The number of carbonyl (C=O) groups is 1. The van der Waals surface area contributed by atoms with E-state index >= 15 is 0 Å². The zero-order valence-corrected chi connectivity index (χ0v) is 18.1. The number of nitrogens with zero attached hydrogens (tertiary/aromatic N) is 4. The zero-order valence-electron chi connectivity index (χ0n) is 17.2. The molecule has 0 spiro atoms. The third kappa shape index (κ3) is 2.63. The maximum absolute atomic E-state index is 13.5. The lowest BCUT2D eigenvalue weighted by molar-refractivity contribution is -0.132. The fraction of sp³-hybridized carbons (Fsp3) is 0.364. The summed E-state index contributed by atoms with van der Waals surface area (Å²) in [4.78, 5) is 31.5. The van der Waals surface area contributed by atoms with E-state index in [1.807, 2.05) is 62.0 Å². The SMILES string of the molecule is CCn1cc(/C=c2/sc3n(c2=O)[C@H]2c4ccccc4O[C@@](C)(N=3)[C@@H]2C(C)=O)c(C)n1. The Hall–Kier alpha value is -3.00. The van der Waals surface area contributed by atoms with E-state index in [0.717, 1.165) is 23.4 Å². The van der Waals surface area contributed by atoms with Gasteiger partial charge in [0.1, 0.15) is 17.5 Å². The van der Waals surface area contributed by atoms with Gasteiger partial charge in [0, 0.05) is 23.9 Å². The average Bonchev–Trinajstić information content (AvgIpc) is 3.19. The van der Waals surface area contributed by atoms with Gasteiger partial charge in [0.25, 0.3) is 5.56 Å². The van der Waals surface area contributed by atoms with E-state index in [2.05, 4.69) is 5.10 Å². The molecule has 5 rings (SSSR count). The van der Waals surface area contributed by atoms with Crippen LogP contribution in [0.4, 0.5) is 0 Å². The van der Waals surface area contributed by atoms with Crippen molar-refractivity contribution in [1.82, 2.24) is 14.3 Å². The molecule has 0 unspecified atom stereocenters. The predicted molar refractivity (Wildman–Crippen MR) is 113 cm³/mol. The summed E-state index contributed by atoms with van der Waals surface area (Å²) in [6, 6.07) is 7.14. The van der Waals surface area contributed by atoms with Gasteiger partial charge in [-0.1, -0.05) is 29.5 Å². The second kappa shape index (κ2) is 6.50. The highest BCUT2D eigenvalue weighted by molar-refractivity contribution is 7.07. The second-order valence-corrected chi connectivity index (χ2v) is 8.94. The molecule has 3 aromatic rings. The molecule has 2 aliphatic rings. The van der Waals surface area contributed by atoms with Gasteiger partial charge in [-0.15, -0.1) is 0 Å². The Balaban J connectivity index is 1.79. The monoisotopic (exact) mass is 422 g/mol. The van der Waals surface area contributed by atoms with Crippen molar-refractivity contribution in [2.45, 2.75) is 46.0 Å². The van der Waals surface area contributed by atoms with Crippen LogP contribution in [0.15, 0.2) is 40.2 Å². The standard InChI is InChI=1S/C22H22N4O3S/c1-5-25-11-14(12(2)24-25)10-17-20(28)26-19-15-8-6-7-9-16(15)29-22(4,18(19)13(3)27)23-21(26)30-17/h6-11,18-19H,5H2,1-4H3/b17-10+/t18-,19+,22-/m1/s1. The first-order chi connectivity index (χ1) is 14.3. The maximum Gasteiger partial charge on any atom is 0.270 e. The van der Waals surface area contributed by atoms with Gasteiger partial charge in [0.15, 0.2) is 4.80 Å². The molecule has 8 heteroatoms. The molecule has 1 aromatic carbocycles. The van der Waals surface area contributed by atoms with E-state index < -0.39 is 17.7 Å². The minimum absolute atomic E-state index is 0.0462. The molecular formula is C22H22N4O3S. The first-order valence-electron chi connectivity index (χ1n) is 9.98. The molecule has 2 aromatic heterocycles. The van der Waals surface area contributed by atoms with Crippen molar-refractivity contribution in [2.24, 2.45) is 10.9 Å². The molecule has 0 amide bonds. The number of Topliss-reactive ketones (excluding diaryl/α,β-unsaturated/α-hetero) is 1. The summed E-state index contributed by atoms with van der Waals surface area (Å²) in [5.74, 6) is 0.0559. The van der Waals surface area contributed by atoms with E-state index in [-0.39, 0.29) is 11.3 Å². The van der Waals surface area contributed by atoms with Crippen LogP contribution in [-0.2, 0) is 11.3 Å². The number of aromatic nitrogens is 3. The highest BCUT2D eigenvalue weighted by Gasteiger charge is 2.53. The molecule has 0 saturated heterocycles. The Labute approximate surface area is 177 Å². The maximum atomic E-state index is 13.5. The van der Waals surface area contributed by atoms with Crippen molar-refractivity contribution in [1.29, 1.82) is 0 Å². The molecule has 0 N–H and O–H groups in total. The summed E-state index contributed by atoms with van der Waals surface area (Å²) in [6.45, 7) is 8.08. The Morgan fingerprint density at radius 2 is 2.13 bits per heavy atom. The Bertz CT molecular complexity index is 1370. The topological polar surface area (TPSA) is 78.5 Å². The van der Waals surface area contributed by atoms with E-state index in [1.165, 1.54) is 11.3 Å². The van der Waals surface area contributed by atoms with Crippen LogP contribution in [0.5, 0.6) is 5.75 Å². The molecule has 4 heterocycles. The van der Waals surface area contributed by atoms with Gasteiger partial charge >= 0.3 is 0 Å². The van der Waals surface area contributed by atoms with Crippen LogP contribution in [0, 0.1) is 12.8 Å². The van der Waals surface area contributed by atoms with Gasteiger partial charge in [-0.05, 0) is 39.8 Å². The molecule has 30 heavy (non-hydrogen) atoms. The van der Waals surface area contributed by atoms with Gasteiger partial charge in [-0.25, -0.2) is 4.99 Å². The Morgan fingerprint density at radius 1 is 1.37 bits per heavy atom. The van der Waals surface area contributed by atoms with Crippen LogP contribution in [-0.4, -0.2) is 25.9 Å². The molecule has 154 valence electrons. The normalized spacial score (nSPS) is 24.6. The largest absolute Gasteiger partial charge is 0.465 e. The number of para-hydroxylation sites is 1. The summed E-state index contributed by atoms with van der Waals surface area (Å²) in [6.07, 6.45) is 3.80. The van der Waals surface area contributed by atoms with Crippen molar-refractivity contribution in [3.05, 3.63) is 67.0 Å². The molecule has 2 aliphatic heterocycles. The number of aryl methyl sites for hydroxylation is 2. The van der Waals surface area contributed by atoms with Crippen LogP contribution in [0.2, 0.25) is 0 Å². The summed E-state index contributed by atoms with van der Waals surface area (Å²) in [5, 5.41) is 4.46. The number of thiazole rings is 1. The highest BCUT2D eigenvalue weighted by Crippen LogP contribution is 2.47. The predicted octanol–water partition coefficient (Wildman–Crippen LogP) is 1.80. The number of carbonyl (C=O) groups excluding carboxylic acids is 1. The first kappa shape index (κ1) is 19.0. The first-order valence-corrected chi connectivity index (χ1v) is 10.8. The van der Waals surface area contributed by atoms with Crippen LogP contribution in [0.1, 0.15) is 43.6 Å². The zero-order chi connectivity index (χ0) is 21.2. The minimum Gasteiger partial charge on any atom is -0.465 e. The fourth-order valence-electron chi connectivity index (χ4n) is 4.53. The number of rotatable bonds is 3. The smallest absolute Gasteiger partial charge is 0.270 e. The molecule has 0 radical (unpaired) electrons. The molecule has 0 fully saturated rings. The lowest BCUT2D eigenvalue weighted by Crippen LogP contribution is -2.58. The van der Waals surface area contributed by atoms with Crippen molar-refractivity contribution >= 4 is 23.2 Å². The number of ether oxygens (including phenoxy) is 1. The number of benzene rings is 1. The van der Waals surface area contributed by atoms with Gasteiger partial charge in [0.2, 0.25) is 5.72 Å². The summed E-state index contributed by atoms with van der Waals surface area (Å²) in [7, 11) is 0. The second-order valence-electron chi connectivity index (χ2n) is 7.93. The molecule has 0 aliphatic carbocycles. The van der Waals surface area contributed by atoms with Crippen LogP contribution in [0.25, 0.3) is 6.08 Å². The third-order valence-electron chi connectivity index (χ3n) is 5.91. The number of hydrogen-bond acceptors (Lipinski definition) is 6. The van der Waals surface area contributed by atoms with Gasteiger partial charge in [-0.3, -0.25) is 18.8 Å². The van der Waals surface area contributed by atoms with Gasteiger partial charge in [0.05, 0.1) is 16.3 Å². The van der Waals surface area contributed by atoms with Crippen molar-refractivity contribution in [3.8, 4) is 5.75 Å². The molecular weight excluding hydrogens is 400 g/mol. The van der Waals surface area contributed by atoms with Crippen molar-refractivity contribution in [2.75, 3.05) is 0 Å². The van der Waals surface area contributed by atoms with E-state index in [0.29, 0.717) is 15.1 Å². The fourth-order valence-corrected chi connectivity index (χ4v) is 5.62. The number of hydrogen-bond donors (Lipinski definition) is 0. The van der Waals surface area contributed by atoms with E-state index in [4.69, 9.17) is 9.73 Å². The number of fused-ring (bicyclic) bond motifs is 6. The lowest BCUT2D eigenvalue weighted by Gasteiger charge is -2.45. The quantitative estimate of drug-likeness (QED) is 0.645. The lowest BCUT2D eigenvalue weighted by atomic mass is 9.79. The van der Waals surface area contributed by atoms with Crippen molar-refractivity contribution < 1.29 is 9.53 Å². The Morgan fingerprint density at radius 3 is 2.83 bits per heavy atom. The number of ketones is 1. The van der Waals surface area contributed by atoms with Crippen molar-refractivity contribution in [3.63, 3.8) is 0 Å². The third-order valence-corrected chi connectivity index (χ3v) is 6.90. The summed E-state index contributed by atoms with van der Waals surface area (Å²) in [5.41, 5.74) is 1.43. The highest BCUT2D eigenvalue weighted by atomic mass is 32.1. The van der Waals surface area contributed by atoms with Crippen LogP contribution >= 0.6 is 11.3 Å². The molecule has 7 nitrogen and oxygen atoms in total. The van der Waals surface area contributed by atoms with Crippen LogP contribution < -0.4 is 19.6 Å². The van der Waals surface area contributed by atoms with Gasteiger partial charge in [-0.2, -0.15) is 5.10 Å².